The topological polar surface area (TPSA) is 76.4 Å². The number of nitrogens with zero attached hydrogens (tertiary/aromatic N) is 1. The van der Waals surface area contributed by atoms with Gasteiger partial charge in [0.15, 0.2) is 0 Å². The van der Waals surface area contributed by atoms with Crippen molar-refractivity contribution < 1.29 is 9.66 Å². The van der Waals surface area contributed by atoms with Gasteiger partial charge in [0.1, 0.15) is 11.4 Å². The second-order valence-electron chi connectivity index (χ2n) is 4.86. The highest BCUT2D eigenvalue weighted by Crippen LogP contribution is 2.30. The molecule has 1 heterocycles. The van der Waals surface area contributed by atoms with Crippen molar-refractivity contribution in [2.24, 2.45) is 0 Å². The SMILES string of the molecule is COc1ccc([N+](=O)[O-])c(NC2CCNC(C)C2)c1. The van der Waals surface area contributed by atoms with Gasteiger partial charge in [-0.25, -0.2) is 0 Å². The van der Waals surface area contributed by atoms with Crippen molar-refractivity contribution >= 4 is 11.4 Å². The van der Waals surface area contributed by atoms with Crippen LogP contribution in [-0.4, -0.2) is 30.7 Å². The Morgan fingerprint density at radius 3 is 2.95 bits per heavy atom. The first-order valence-electron chi connectivity index (χ1n) is 6.42. The molecule has 104 valence electrons. The molecule has 0 aromatic heterocycles. The predicted molar refractivity (Wildman–Crippen MR) is 73.8 cm³/mol. The average molecular weight is 265 g/mol. The monoisotopic (exact) mass is 265 g/mol. The molecule has 1 saturated heterocycles. The van der Waals surface area contributed by atoms with Gasteiger partial charge in [-0.05, 0) is 32.4 Å². The van der Waals surface area contributed by atoms with Gasteiger partial charge in [0.2, 0.25) is 0 Å². The summed E-state index contributed by atoms with van der Waals surface area (Å²) in [7, 11) is 1.55. The Balaban J connectivity index is 2.19. The van der Waals surface area contributed by atoms with Crippen LogP contribution in [0.5, 0.6) is 5.75 Å². The maximum absolute atomic E-state index is 11.0. The van der Waals surface area contributed by atoms with E-state index in [-0.39, 0.29) is 16.7 Å². The Morgan fingerprint density at radius 1 is 1.53 bits per heavy atom. The van der Waals surface area contributed by atoms with E-state index in [1.54, 1.807) is 19.2 Å². The number of nitrogens with one attached hydrogen (secondary N) is 2. The fourth-order valence-electron chi connectivity index (χ4n) is 2.40. The summed E-state index contributed by atoms with van der Waals surface area (Å²) in [6, 6.07) is 5.45. The fraction of sp³-hybridized carbons (Fsp3) is 0.538. The summed E-state index contributed by atoms with van der Waals surface area (Å²) in [5, 5.41) is 17.7. The number of hydrogen-bond donors (Lipinski definition) is 2. The number of ether oxygens (including phenoxy) is 1. The van der Waals surface area contributed by atoms with Crippen LogP contribution in [0.15, 0.2) is 18.2 Å². The highest BCUT2D eigenvalue weighted by molar-refractivity contribution is 5.64. The van der Waals surface area contributed by atoms with E-state index in [2.05, 4.69) is 17.6 Å². The third-order valence-electron chi connectivity index (χ3n) is 3.38. The third kappa shape index (κ3) is 3.35. The Kier molecular flexibility index (Phi) is 4.21. The van der Waals surface area contributed by atoms with Crippen LogP contribution in [0.4, 0.5) is 11.4 Å². The van der Waals surface area contributed by atoms with Gasteiger partial charge in [0, 0.05) is 24.2 Å². The van der Waals surface area contributed by atoms with Gasteiger partial charge in [0.25, 0.3) is 5.69 Å². The zero-order valence-corrected chi connectivity index (χ0v) is 11.2. The Bertz CT molecular complexity index is 464. The quantitative estimate of drug-likeness (QED) is 0.644. The van der Waals surface area contributed by atoms with Crippen LogP contribution in [0.3, 0.4) is 0 Å². The molecule has 0 radical (unpaired) electrons. The first kappa shape index (κ1) is 13.6. The summed E-state index contributed by atoms with van der Waals surface area (Å²) in [4.78, 5) is 10.7. The fourth-order valence-corrected chi connectivity index (χ4v) is 2.40. The van der Waals surface area contributed by atoms with E-state index in [4.69, 9.17) is 4.74 Å². The van der Waals surface area contributed by atoms with Crippen LogP contribution >= 0.6 is 0 Å². The molecule has 0 amide bonds. The molecule has 2 N–H and O–H groups in total. The van der Waals surface area contributed by atoms with Crippen LogP contribution in [0, 0.1) is 10.1 Å². The summed E-state index contributed by atoms with van der Waals surface area (Å²) in [6.45, 7) is 3.05. The molecule has 0 saturated carbocycles. The minimum Gasteiger partial charge on any atom is -0.497 e. The number of methoxy groups -OCH3 is 1. The van der Waals surface area contributed by atoms with Crippen LogP contribution in [0.1, 0.15) is 19.8 Å². The molecule has 0 aliphatic carbocycles. The number of anilines is 1. The number of nitro benzene ring substituents is 1. The molecule has 1 aromatic rings. The van der Waals surface area contributed by atoms with Crippen LogP contribution in [0.2, 0.25) is 0 Å². The molecule has 1 fully saturated rings. The van der Waals surface area contributed by atoms with Crippen LogP contribution in [0.25, 0.3) is 0 Å². The lowest BCUT2D eigenvalue weighted by atomic mass is 10.0. The smallest absolute Gasteiger partial charge is 0.292 e. The second-order valence-corrected chi connectivity index (χ2v) is 4.86. The Labute approximate surface area is 112 Å². The lowest BCUT2D eigenvalue weighted by Gasteiger charge is -2.29. The Morgan fingerprint density at radius 2 is 2.32 bits per heavy atom. The summed E-state index contributed by atoms with van der Waals surface area (Å²) >= 11 is 0. The summed E-state index contributed by atoms with van der Waals surface area (Å²) in [5.74, 6) is 0.620. The molecule has 0 spiro atoms. The van der Waals surface area contributed by atoms with Crippen molar-refractivity contribution in [2.45, 2.75) is 31.8 Å². The zero-order valence-electron chi connectivity index (χ0n) is 11.2. The van der Waals surface area contributed by atoms with Crippen LogP contribution < -0.4 is 15.4 Å². The molecular weight excluding hydrogens is 246 g/mol. The van der Waals surface area contributed by atoms with Crippen molar-refractivity contribution in [3.8, 4) is 5.75 Å². The normalized spacial score (nSPS) is 22.8. The highest BCUT2D eigenvalue weighted by atomic mass is 16.6. The standard InChI is InChI=1S/C13H19N3O3/c1-9-7-10(5-6-14-9)15-12-8-11(19-2)3-4-13(12)16(17)18/h3-4,8-10,14-15H,5-7H2,1-2H3. The zero-order chi connectivity index (χ0) is 13.8. The van der Waals surface area contributed by atoms with Crippen molar-refractivity contribution in [3.63, 3.8) is 0 Å². The minimum absolute atomic E-state index is 0.0898. The number of hydrogen-bond acceptors (Lipinski definition) is 5. The van der Waals surface area contributed by atoms with Crippen molar-refractivity contribution in [1.29, 1.82) is 0 Å². The van der Waals surface area contributed by atoms with Crippen molar-refractivity contribution in [1.82, 2.24) is 5.32 Å². The molecule has 6 heteroatoms. The number of benzene rings is 1. The van der Waals surface area contributed by atoms with Crippen molar-refractivity contribution in [2.75, 3.05) is 19.0 Å². The van der Waals surface area contributed by atoms with E-state index in [1.165, 1.54) is 6.07 Å². The molecule has 1 aliphatic heterocycles. The number of nitro groups is 1. The molecule has 1 aromatic carbocycles. The van der Waals surface area contributed by atoms with Gasteiger partial charge in [0.05, 0.1) is 12.0 Å². The maximum atomic E-state index is 11.0. The van der Waals surface area contributed by atoms with E-state index in [0.29, 0.717) is 17.5 Å². The third-order valence-corrected chi connectivity index (χ3v) is 3.38. The molecule has 2 unspecified atom stereocenters. The van der Waals surface area contributed by atoms with Gasteiger partial charge in [-0.15, -0.1) is 0 Å². The minimum atomic E-state index is -0.369. The van der Waals surface area contributed by atoms with Gasteiger partial charge < -0.3 is 15.4 Å². The van der Waals surface area contributed by atoms with E-state index in [9.17, 15) is 10.1 Å². The van der Waals surface area contributed by atoms with Crippen LogP contribution in [-0.2, 0) is 0 Å². The van der Waals surface area contributed by atoms with Gasteiger partial charge in [-0.3, -0.25) is 10.1 Å². The first-order valence-corrected chi connectivity index (χ1v) is 6.42. The lowest BCUT2D eigenvalue weighted by molar-refractivity contribution is -0.384. The molecular formula is C13H19N3O3. The number of piperidine rings is 1. The van der Waals surface area contributed by atoms with E-state index >= 15 is 0 Å². The Hall–Kier alpha value is -1.82. The summed E-state index contributed by atoms with van der Waals surface area (Å²) in [6.07, 6.45) is 1.91. The molecule has 1 aliphatic rings. The molecule has 19 heavy (non-hydrogen) atoms. The molecule has 2 atom stereocenters. The van der Waals surface area contributed by atoms with Gasteiger partial charge in [-0.2, -0.15) is 0 Å². The molecule has 2 rings (SSSR count). The first-order chi connectivity index (χ1) is 9.10. The maximum Gasteiger partial charge on any atom is 0.292 e. The lowest BCUT2D eigenvalue weighted by Crippen LogP contribution is -2.41. The average Bonchev–Trinajstić information content (AvgIpc) is 2.38. The van der Waals surface area contributed by atoms with Gasteiger partial charge in [-0.1, -0.05) is 0 Å². The summed E-state index contributed by atoms with van der Waals surface area (Å²) in [5.41, 5.74) is 0.621. The molecule has 6 nitrogen and oxygen atoms in total. The largest absolute Gasteiger partial charge is 0.497 e. The van der Waals surface area contributed by atoms with E-state index < -0.39 is 0 Å². The second kappa shape index (κ2) is 5.88. The summed E-state index contributed by atoms with van der Waals surface area (Å²) < 4.78 is 5.12. The van der Waals surface area contributed by atoms with Gasteiger partial charge >= 0.3 is 0 Å². The number of rotatable bonds is 4. The molecule has 0 bridgehead atoms. The van der Waals surface area contributed by atoms with E-state index in [0.717, 1.165) is 19.4 Å². The van der Waals surface area contributed by atoms with Crippen molar-refractivity contribution in [3.05, 3.63) is 28.3 Å². The predicted octanol–water partition coefficient (Wildman–Crippen LogP) is 2.16. The highest BCUT2D eigenvalue weighted by Gasteiger charge is 2.22. The van der Waals surface area contributed by atoms with E-state index in [1.807, 2.05) is 0 Å².